The molecule has 0 radical (unpaired) electrons. The van der Waals surface area contributed by atoms with Crippen LogP contribution in [0.25, 0.3) is 11.2 Å². The average molecular weight is 427 g/mol. The first-order valence-corrected chi connectivity index (χ1v) is 9.52. The van der Waals surface area contributed by atoms with Crippen molar-refractivity contribution in [3.8, 4) is 0 Å². The number of anilines is 1. The number of aliphatic hydroxyl groups excluding tert-OH is 2. The smallest absolute Gasteiger partial charge is 0.251 e. The quantitative estimate of drug-likeness (QED) is 0.373. The number of ketones is 1. The Hall–Kier alpha value is -3.48. The number of ether oxygens (including phenoxy) is 1. The van der Waals surface area contributed by atoms with Gasteiger partial charge in [0.15, 0.2) is 35.1 Å². The Labute approximate surface area is 176 Å². The van der Waals surface area contributed by atoms with Crippen molar-refractivity contribution in [1.82, 2.24) is 29.8 Å². The maximum atomic E-state index is 11.9. The SMILES string of the molecule is CNC(=O)[C@H]1O[C@@H](n2cnc3c(NCc4cccc(C(C)=O)n4)ncnc32)[C@@H](O)C1O. The van der Waals surface area contributed by atoms with Crippen LogP contribution in [0.1, 0.15) is 29.3 Å². The molecule has 162 valence electrons. The van der Waals surface area contributed by atoms with Gasteiger partial charge >= 0.3 is 0 Å². The summed E-state index contributed by atoms with van der Waals surface area (Å²) in [7, 11) is 1.41. The van der Waals surface area contributed by atoms with Gasteiger partial charge in [0.05, 0.1) is 18.6 Å². The zero-order valence-electron chi connectivity index (χ0n) is 16.8. The number of aromatic nitrogens is 5. The van der Waals surface area contributed by atoms with E-state index < -0.39 is 30.4 Å². The van der Waals surface area contributed by atoms with Gasteiger partial charge in [-0.05, 0) is 12.1 Å². The lowest BCUT2D eigenvalue weighted by Crippen LogP contribution is -2.41. The van der Waals surface area contributed by atoms with Gasteiger partial charge in [0.2, 0.25) is 0 Å². The molecular weight excluding hydrogens is 406 g/mol. The van der Waals surface area contributed by atoms with E-state index in [0.29, 0.717) is 34.9 Å². The molecule has 4 atom stereocenters. The minimum Gasteiger partial charge on any atom is -0.387 e. The van der Waals surface area contributed by atoms with Crippen molar-refractivity contribution < 1.29 is 24.5 Å². The van der Waals surface area contributed by atoms with E-state index in [1.165, 1.54) is 31.2 Å². The van der Waals surface area contributed by atoms with Crippen molar-refractivity contribution in [2.24, 2.45) is 0 Å². The largest absolute Gasteiger partial charge is 0.387 e. The minimum atomic E-state index is -1.40. The highest BCUT2D eigenvalue weighted by Gasteiger charge is 2.47. The number of nitrogens with zero attached hydrogens (tertiary/aromatic N) is 5. The summed E-state index contributed by atoms with van der Waals surface area (Å²) in [6.07, 6.45) is -2.33. The summed E-state index contributed by atoms with van der Waals surface area (Å²) in [6, 6.07) is 5.17. The molecule has 31 heavy (non-hydrogen) atoms. The summed E-state index contributed by atoms with van der Waals surface area (Å²) in [5.41, 5.74) is 1.76. The molecule has 0 spiro atoms. The molecule has 1 saturated heterocycles. The number of amides is 1. The predicted molar refractivity (Wildman–Crippen MR) is 107 cm³/mol. The number of nitrogens with one attached hydrogen (secondary N) is 2. The maximum absolute atomic E-state index is 11.9. The molecule has 0 saturated carbocycles. The van der Waals surface area contributed by atoms with E-state index >= 15 is 0 Å². The summed E-state index contributed by atoms with van der Waals surface area (Å²) < 4.78 is 7.02. The molecule has 1 aliphatic heterocycles. The topological polar surface area (TPSA) is 164 Å². The van der Waals surface area contributed by atoms with Crippen LogP contribution in [0.5, 0.6) is 0 Å². The lowest BCUT2D eigenvalue weighted by atomic mass is 10.1. The van der Waals surface area contributed by atoms with E-state index in [1.807, 2.05) is 0 Å². The number of hydrogen-bond donors (Lipinski definition) is 4. The third-order valence-corrected chi connectivity index (χ3v) is 4.98. The molecule has 1 unspecified atom stereocenters. The molecule has 12 nitrogen and oxygen atoms in total. The highest BCUT2D eigenvalue weighted by molar-refractivity contribution is 5.92. The van der Waals surface area contributed by atoms with Crippen molar-refractivity contribution >= 4 is 28.7 Å². The molecule has 4 rings (SSSR count). The van der Waals surface area contributed by atoms with Gasteiger partial charge < -0.3 is 25.6 Å². The first-order chi connectivity index (χ1) is 14.9. The zero-order chi connectivity index (χ0) is 22.1. The molecule has 0 bridgehead atoms. The molecule has 3 aromatic rings. The minimum absolute atomic E-state index is 0.127. The number of likely N-dealkylation sites (N-methyl/N-ethyl adjacent to an activating group) is 1. The molecule has 4 heterocycles. The fraction of sp³-hybridized carbons (Fsp3) is 0.368. The molecule has 12 heteroatoms. The van der Waals surface area contributed by atoms with Crippen molar-refractivity contribution in [1.29, 1.82) is 0 Å². The van der Waals surface area contributed by atoms with Crippen LogP contribution in [-0.4, -0.2) is 71.8 Å². The van der Waals surface area contributed by atoms with E-state index in [4.69, 9.17) is 4.74 Å². The van der Waals surface area contributed by atoms with Crippen molar-refractivity contribution in [3.63, 3.8) is 0 Å². The van der Waals surface area contributed by atoms with Gasteiger partial charge in [0, 0.05) is 14.0 Å². The molecule has 3 aromatic heterocycles. The number of aliphatic hydroxyl groups is 2. The van der Waals surface area contributed by atoms with Crippen molar-refractivity contribution in [3.05, 3.63) is 42.2 Å². The number of fused-ring (bicyclic) bond motifs is 1. The van der Waals surface area contributed by atoms with Crippen molar-refractivity contribution in [2.45, 2.75) is 38.0 Å². The van der Waals surface area contributed by atoms with Gasteiger partial charge in [-0.3, -0.25) is 14.2 Å². The second kappa shape index (κ2) is 8.34. The Kier molecular flexibility index (Phi) is 5.59. The first-order valence-electron chi connectivity index (χ1n) is 9.52. The Balaban J connectivity index is 1.58. The van der Waals surface area contributed by atoms with Gasteiger partial charge in [0.25, 0.3) is 5.91 Å². The van der Waals surface area contributed by atoms with Gasteiger partial charge in [-0.2, -0.15) is 0 Å². The van der Waals surface area contributed by atoms with Crippen molar-refractivity contribution in [2.75, 3.05) is 12.4 Å². The zero-order valence-corrected chi connectivity index (χ0v) is 16.8. The Morgan fingerprint density at radius 1 is 1.19 bits per heavy atom. The van der Waals surface area contributed by atoms with Crippen LogP contribution < -0.4 is 10.6 Å². The van der Waals surface area contributed by atoms with E-state index in [1.54, 1.807) is 18.2 Å². The predicted octanol–water partition coefficient (Wildman–Crippen LogP) is -0.599. The first kappa shape index (κ1) is 20.8. The van der Waals surface area contributed by atoms with E-state index in [2.05, 4.69) is 30.6 Å². The molecule has 4 N–H and O–H groups in total. The highest BCUT2D eigenvalue weighted by atomic mass is 16.6. The second-order valence-electron chi connectivity index (χ2n) is 7.01. The number of hydrogen-bond acceptors (Lipinski definition) is 10. The van der Waals surface area contributed by atoms with Crippen LogP contribution >= 0.6 is 0 Å². The number of carbonyl (C=O) groups is 2. The molecule has 0 aromatic carbocycles. The monoisotopic (exact) mass is 427 g/mol. The van der Waals surface area contributed by atoms with Crippen LogP contribution in [0, 0.1) is 0 Å². The third-order valence-electron chi connectivity index (χ3n) is 4.98. The van der Waals surface area contributed by atoms with E-state index in [-0.39, 0.29) is 5.78 Å². The van der Waals surface area contributed by atoms with Crippen LogP contribution in [0.4, 0.5) is 5.82 Å². The summed E-state index contributed by atoms with van der Waals surface area (Å²) in [6.45, 7) is 1.74. The molecule has 1 aliphatic rings. The molecular formula is C19H21N7O5. The van der Waals surface area contributed by atoms with Crippen LogP contribution in [0.15, 0.2) is 30.9 Å². The summed E-state index contributed by atoms with van der Waals surface area (Å²) >= 11 is 0. The second-order valence-corrected chi connectivity index (χ2v) is 7.01. The molecule has 0 aliphatic carbocycles. The average Bonchev–Trinajstić information content (AvgIpc) is 3.33. The summed E-state index contributed by atoms with van der Waals surface area (Å²) in [4.78, 5) is 40.4. The van der Waals surface area contributed by atoms with Gasteiger partial charge in [-0.15, -0.1) is 0 Å². The number of pyridine rings is 1. The number of Topliss-reactive ketones (excluding diaryl/α,β-unsaturated/α-hetero) is 1. The number of carbonyl (C=O) groups excluding carboxylic acids is 2. The normalized spacial score (nSPS) is 23.1. The van der Waals surface area contributed by atoms with Crippen LogP contribution in [0.2, 0.25) is 0 Å². The maximum Gasteiger partial charge on any atom is 0.251 e. The number of rotatable bonds is 6. The fourth-order valence-corrected chi connectivity index (χ4v) is 3.36. The Bertz CT molecular complexity index is 1130. The van der Waals surface area contributed by atoms with Gasteiger partial charge in [-0.1, -0.05) is 6.07 Å². The molecule has 1 fully saturated rings. The Morgan fingerprint density at radius 2 is 2.00 bits per heavy atom. The lowest BCUT2D eigenvalue weighted by molar-refractivity contribution is -0.137. The highest BCUT2D eigenvalue weighted by Crippen LogP contribution is 2.32. The van der Waals surface area contributed by atoms with Crippen LogP contribution in [0.3, 0.4) is 0 Å². The van der Waals surface area contributed by atoms with Crippen LogP contribution in [-0.2, 0) is 16.1 Å². The van der Waals surface area contributed by atoms with E-state index in [0.717, 1.165) is 0 Å². The summed E-state index contributed by atoms with van der Waals surface area (Å²) in [5.74, 6) is -0.261. The molecule has 1 amide bonds. The summed E-state index contributed by atoms with van der Waals surface area (Å²) in [5, 5.41) is 26.1. The van der Waals surface area contributed by atoms with E-state index in [9.17, 15) is 19.8 Å². The van der Waals surface area contributed by atoms with Gasteiger partial charge in [-0.25, -0.2) is 19.9 Å². The standard InChI is InChI=1S/C19H21N7O5/c1-9(27)11-5-3-4-10(25-11)6-21-16-12-17(23-7-22-16)26(8-24-12)19-14(29)13(28)15(31-19)18(30)20-2/h3-5,7-8,13-15,19,28-29H,6H2,1-2H3,(H,20,30)(H,21,22,23)/t13?,14-,15-,19+/m0/s1. The number of imidazole rings is 1. The Morgan fingerprint density at radius 3 is 2.74 bits per heavy atom. The third kappa shape index (κ3) is 3.83. The fourth-order valence-electron chi connectivity index (χ4n) is 3.36. The van der Waals surface area contributed by atoms with Gasteiger partial charge in [0.1, 0.15) is 24.2 Å². The lowest BCUT2D eigenvalue weighted by Gasteiger charge is -2.16.